The van der Waals surface area contributed by atoms with Crippen molar-refractivity contribution in [1.29, 1.82) is 0 Å². The van der Waals surface area contributed by atoms with E-state index in [1.807, 2.05) is 6.92 Å². The Morgan fingerprint density at radius 1 is 1.31 bits per heavy atom. The molecule has 0 aliphatic carbocycles. The van der Waals surface area contributed by atoms with Gasteiger partial charge in [0.25, 0.3) is 0 Å². The van der Waals surface area contributed by atoms with Gasteiger partial charge in [0.05, 0.1) is 6.10 Å². The Labute approximate surface area is 100 Å². The molecule has 0 aromatic heterocycles. The van der Waals surface area contributed by atoms with Crippen LogP contribution in [0.3, 0.4) is 0 Å². The first-order valence-electron chi connectivity index (χ1n) is 6.84. The predicted molar refractivity (Wildman–Crippen MR) is 68.5 cm³/mol. The zero-order valence-corrected chi connectivity index (χ0v) is 11.0. The molecule has 0 aromatic carbocycles. The molecule has 1 aliphatic heterocycles. The van der Waals surface area contributed by atoms with E-state index in [0.29, 0.717) is 6.54 Å². The molecule has 0 radical (unpaired) electrons. The van der Waals surface area contributed by atoms with Crippen LogP contribution in [-0.4, -0.2) is 43.8 Å². The van der Waals surface area contributed by atoms with E-state index in [4.69, 9.17) is 10.5 Å². The van der Waals surface area contributed by atoms with Crippen molar-refractivity contribution < 1.29 is 4.74 Å². The Hall–Kier alpha value is -0.120. The third-order valence-electron chi connectivity index (χ3n) is 3.64. The molecule has 3 nitrogen and oxygen atoms in total. The highest BCUT2D eigenvalue weighted by Gasteiger charge is 2.18. The normalized spacial score (nSPS) is 25.3. The van der Waals surface area contributed by atoms with Crippen molar-refractivity contribution in [3.8, 4) is 0 Å². The van der Waals surface area contributed by atoms with Crippen LogP contribution < -0.4 is 5.73 Å². The summed E-state index contributed by atoms with van der Waals surface area (Å²) in [5.41, 5.74) is 5.72. The van der Waals surface area contributed by atoms with Gasteiger partial charge in [0.1, 0.15) is 0 Å². The second-order valence-corrected chi connectivity index (χ2v) is 4.82. The van der Waals surface area contributed by atoms with Crippen LogP contribution in [0.2, 0.25) is 0 Å². The first-order chi connectivity index (χ1) is 7.80. The van der Waals surface area contributed by atoms with Crippen LogP contribution >= 0.6 is 0 Å². The van der Waals surface area contributed by atoms with E-state index in [1.165, 1.54) is 38.8 Å². The van der Waals surface area contributed by atoms with Crippen LogP contribution in [0.4, 0.5) is 0 Å². The summed E-state index contributed by atoms with van der Waals surface area (Å²) in [4.78, 5) is 2.53. The minimum Gasteiger partial charge on any atom is -0.376 e. The van der Waals surface area contributed by atoms with Gasteiger partial charge < -0.3 is 15.4 Å². The van der Waals surface area contributed by atoms with Gasteiger partial charge in [0.15, 0.2) is 0 Å². The average molecular weight is 228 g/mol. The van der Waals surface area contributed by atoms with E-state index in [-0.39, 0.29) is 6.10 Å². The molecule has 0 bridgehead atoms. The van der Waals surface area contributed by atoms with Crippen molar-refractivity contribution in [3.05, 3.63) is 0 Å². The number of likely N-dealkylation sites (tertiary alicyclic amines) is 1. The molecule has 16 heavy (non-hydrogen) atoms. The molecule has 1 rings (SSSR count). The van der Waals surface area contributed by atoms with Crippen molar-refractivity contribution in [2.75, 3.05) is 32.8 Å². The third-order valence-corrected chi connectivity index (χ3v) is 3.64. The molecule has 96 valence electrons. The van der Waals surface area contributed by atoms with E-state index >= 15 is 0 Å². The smallest absolute Gasteiger partial charge is 0.0823 e. The summed E-state index contributed by atoms with van der Waals surface area (Å²) in [6.45, 7) is 9.22. The highest BCUT2D eigenvalue weighted by atomic mass is 16.5. The van der Waals surface area contributed by atoms with Gasteiger partial charge in [-0.05, 0) is 45.2 Å². The number of nitrogens with zero attached hydrogens (tertiary/aromatic N) is 1. The van der Waals surface area contributed by atoms with E-state index in [1.54, 1.807) is 0 Å². The highest BCUT2D eigenvalue weighted by Crippen LogP contribution is 2.20. The lowest BCUT2D eigenvalue weighted by Gasteiger charge is -2.25. The average Bonchev–Trinajstić information content (AvgIpc) is 2.53. The molecule has 0 saturated carbocycles. The summed E-state index contributed by atoms with van der Waals surface area (Å²) >= 11 is 0. The van der Waals surface area contributed by atoms with Crippen LogP contribution in [0.5, 0.6) is 0 Å². The second-order valence-electron chi connectivity index (χ2n) is 4.82. The summed E-state index contributed by atoms with van der Waals surface area (Å²) in [5, 5.41) is 0. The molecule has 2 unspecified atom stereocenters. The van der Waals surface area contributed by atoms with Gasteiger partial charge in [0.2, 0.25) is 0 Å². The minimum atomic E-state index is 0.225. The molecule has 1 fully saturated rings. The Kier molecular flexibility index (Phi) is 7.01. The SMILES string of the molecule is CCOC(CN)CN1CCCC(CC)CC1. The maximum atomic E-state index is 5.72. The second kappa shape index (κ2) is 8.04. The topological polar surface area (TPSA) is 38.5 Å². The molecule has 1 aliphatic rings. The number of nitrogens with two attached hydrogens (primary N) is 1. The molecule has 3 heteroatoms. The lowest BCUT2D eigenvalue weighted by molar-refractivity contribution is 0.0398. The summed E-state index contributed by atoms with van der Waals surface area (Å²) in [6, 6.07) is 0. The van der Waals surface area contributed by atoms with Crippen molar-refractivity contribution in [2.24, 2.45) is 11.7 Å². The Morgan fingerprint density at radius 3 is 2.75 bits per heavy atom. The third kappa shape index (κ3) is 4.81. The molecular formula is C13H28N2O. The Morgan fingerprint density at radius 2 is 2.12 bits per heavy atom. The van der Waals surface area contributed by atoms with Gasteiger partial charge in [0, 0.05) is 19.7 Å². The van der Waals surface area contributed by atoms with E-state index in [0.717, 1.165) is 19.1 Å². The first kappa shape index (κ1) is 13.9. The largest absolute Gasteiger partial charge is 0.376 e. The molecule has 0 spiro atoms. The fourth-order valence-corrected chi connectivity index (χ4v) is 2.53. The van der Waals surface area contributed by atoms with Crippen LogP contribution in [-0.2, 0) is 4.74 Å². The maximum Gasteiger partial charge on any atom is 0.0823 e. The van der Waals surface area contributed by atoms with E-state index in [9.17, 15) is 0 Å². The number of ether oxygens (including phenoxy) is 1. The lowest BCUT2D eigenvalue weighted by atomic mass is 9.98. The number of hydrogen-bond acceptors (Lipinski definition) is 3. The number of hydrogen-bond donors (Lipinski definition) is 1. The quantitative estimate of drug-likeness (QED) is 0.754. The molecule has 1 heterocycles. The van der Waals surface area contributed by atoms with E-state index in [2.05, 4.69) is 11.8 Å². The Balaban J connectivity index is 2.30. The van der Waals surface area contributed by atoms with Crippen LogP contribution in [0, 0.1) is 5.92 Å². The fourth-order valence-electron chi connectivity index (χ4n) is 2.53. The van der Waals surface area contributed by atoms with Crippen LogP contribution in [0.25, 0.3) is 0 Å². The minimum absolute atomic E-state index is 0.225. The Bertz CT molecular complexity index is 175. The zero-order valence-electron chi connectivity index (χ0n) is 11.0. The molecule has 2 N–H and O–H groups in total. The van der Waals surface area contributed by atoms with Gasteiger partial charge in [-0.15, -0.1) is 0 Å². The van der Waals surface area contributed by atoms with Crippen molar-refractivity contribution in [2.45, 2.75) is 45.6 Å². The van der Waals surface area contributed by atoms with Crippen molar-refractivity contribution in [1.82, 2.24) is 4.90 Å². The molecule has 1 saturated heterocycles. The fraction of sp³-hybridized carbons (Fsp3) is 1.00. The molecule has 0 amide bonds. The maximum absolute atomic E-state index is 5.72. The van der Waals surface area contributed by atoms with Gasteiger partial charge in [-0.3, -0.25) is 0 Å². The van der Waals surface area contributed by atoms with Gasteiger partial charge >= 0.3 is 0 Å². The van der Waals surface area contributed by atoms with Crippen LogP contribution in [0.1, 0.15) is 39.5 Å². The summed E-state index contributed by atoms with van der Waals surface area (Å²) in [7, 11) is 0. The van der Waals surface area contributed by atoms with Gasteiger partial charge in [-0.2, -0.15) is 0 Å². The molecule has 2 atom stereocenters. The molecule has 0 aromatic rings. The van der Waals surface area contributed by atoms with Crippen molar-refractivity contribution >= 4 is 0 Å². The first-order valence-corrected chi connectivity index (χ1v) is 6.84. The summed E-state index contributed by atoms with van der Waals surface area (Å²) in [6.07, 6.45) is 5.64. The summed E-state index contributed by atoms with van der Waals surface area (Å²) in [5.74, 6) is 0.938. The van der Waals surface area contributed by atoms with Gasteiger partial charge in [-0.25, -0.2) is 0 Å². The monoisotopic (exact) mass is 228 g/mol. The van der Waals surface area contributed by atoms with Crippen LogP contribution in [0.15, 0.2) is 0 Å². The predicted octanol–water partition coefficient (Wildman–Crippen LogP) is 1.86. The lowest BCUT2D eigenvalue weighted by Crippen LogP contribution is -2.38. The highest BCUT2D eigenvalue weighted by molar-refractivity contribution is 4.72. The zero-order chi connectivity index (χ0) is 11.8. The molecular weight excluding hydrogens is 200 g/mol. The van der Waals surface area contributed by atoms with Crippen molar-refractivity contribution in [3.63, 3.8) is 0 Å². The standard InChI is InChI=1S/C13H28N2O/c1-3-12-6-5-8-15(9-7-12)11-13(10-14)16-4-2/h12-13H,3-11,14H2,1-2H3. The van der Waals surface area contributed by atoms with E-state index < -0.39 is 0 Å². The number of rotatable bonds is 6. The van der Waals surface area contributed by atoms with Gasteiger partial charge in [-0.1, -0.05) is 13.3 Å². The summed E-state index contributed by atoms with van der Waals surface area (Å²) < 4.78 is 5.62.